The Morgan fingerprint density at radius 3 is 2.20 bits per heavy atom. The van der Waals surface area contributed by atoms with E-state index in [1.54, 1.807) is 0 Å². The van der Waals surface area contributed by atoms with E-state index in [1.165, 1.54) is 51.5 Å². The Kier molecular flexibility index (Phi) is 10.4. The van der Waals surface area contributed by atoms with E-state index in [4.69, 9.17) is 0 Å². The molecule has 0 aromatic carbocycles. The highest BCUT2D eigenvalue weighted by atomic mass is 14.9. The molecule has 0 rings (SSSR count). The van der Waals surface area contributed by atoms with Crippen molar-refractivity contribution in [2.75, 3.05) is 6.54 Å². The monoisotopic (exact) mass is 213 g/mol. The van der Waals surface area contributed by atoms with E-state index >= 15 is 0 Å². The summed E-state index contributed by atoms with van der Waals surface area (Å²) in [6, 6.07) is 0.709. The molecule has 0 aliphatic carbocycles. The minimum atomic E-state index is 0.709. The molecule has 1 N–H and O–H groups in total. The van der Waals surface area contributed by atoms with Gasteiger partial charge < -0.3 is 5.32 Å². The Morgan fingerprint density at radius 1 is 0.867 bits per heavy atom. The number of rotatable bonds is 10. The molecular formula is C14H31N. The minimum absolute atomic E-state index is 0.709. The van der Waals surface area contributed by atoms with Crippen LogP contribution in [-0.4, -0.2) is 12.6 Å². The van der Waals surface area contributed by atoms with E-state index in [0.717, 1.165) is 5.92 Å². The summed E-state index contributed by atoms with van der Waals surface area (Å²) in [7, 11) is 0. The van der Waals surface area contributed by atoms with Crippen molar-refractivity contribution in [1.29, 1.82) is 0 Å². The second kappa shape index (κ2) is 10.5. The predicted octanol–water partition coefficient (Wildman–Crippen LogP) is 4.37. The highest BCUT2D eigenvalue weighted by molar-refractivity contribution is 4.63. The molecule has 0 spiro atoms. The summed E-state index contributed by atoms with van der Waals surface area (Å²) >= 11 is 0. The van der Waals surface area contributed by atoms with Gasteiger partial charge in [0.1, 0.15) is 0 Å². The molecule has 2 atom stereocenters. The van der Waals surface area contributed by atoms with E-state index in [0.29, 0.717) is 6.04 Å². The zero-order valence-electron chi connectivity index (χ0n) is 11.3. The second-order valence-corrected chi connectivity index (χ2v) is 5.05. The van der Waals surface area contributed by atoms with Gasteiger partial charge in [0.25, 0.3) is 0 Å². The van der Waals surface area contributed by atoms with Crippen LogP contribution < -0.4 is 5.32 Å². The molecule has 0 radical (unpaired) electrons. The first kappa shape index (κ1) is 15.0. The first-order valence-corrected chi connectivity index (χ1v) is 6.94. The van der Waals surface area contributed by atoms with Crippen LogP contribution in [0.1, 0.15) is 72.6 Å². The average molecular weight is 213 g/mol. The Balaban J connectivity index is 3.28. The zero-order chi connectivity index (χ0) is 11.5. The molecule has 1 heteroatoms. The Bertz CT molecular complexity index is 123. The first-order chi connectivity index (χ1) is 7.20. The number of hydrogen-bond acceptors (Lipinski definition) is 1. The fourth-order valence-electron chi connectivity index (χ4n) is 1.98. The van der Waals surface area contributed by atoms with Crippen LogP contribution in [-0.2, 0) is 0 Å². The van der Waals surface area contributed by atoms with Gasteiger partial charge in [0, 0.05) is 6.04 Å². The summed E-state index contributed by atoms with van der Waals surface area (Å²) in [5.41, 5.74) is 0. The van der Waals surface area contributed by atoms with Crippen LogP contribution in [0.2, 0.25) is 0 Å². The molecule has 0 aromatic rings. The predicted molar refractivity (Wildman–Crippen MR) is 70.3 cm³/mol. The fourth-order valence-corrected chi connectivity index (χ4v) is 1.98. The molecule has 0 saturated heterocycles. The third kappa shape index (κ3) is 10.2. The summed E-state index contributed by atoms with van der Waals surface area (Å²) in [6.45, 7) is 10.4. The van der Waals surface area contributed by atoms with E-state index in [9.17, 15) is 0 Å². The molecule has 0 aliphatic rings. The van der Waals surface area contributed by atoms with E-state index < -0.39 is 0 Å². The van der Waals surface area contributed by atoms with Gasteiger partial charge in [0.15, 0.2) is 0 Å². The Labute approximate surface area is 97.0 Å². The van der Waals surface area contributed by atoms with Crippen molar-refractivity contribution in [3.63, 3.8) is 0 Å². The smallest absolute Gasteiger partial charge is 0.00388 e. The molecule has 92 valence electrons. The summed E-state index contributed by atoms with van der Waals surface area (Å²) in [5.74, 6) is 0.841. The van der Waals surface area contributed by atoms with Gasteiger partial charge in [0.05, 0.1) is 0 Å². The lowest BCUT2D eigenvalue weighted by Gasteiger charge is -2.17. The molecule has 0 heterocycles. The summed E-state index contributed by atoms with van der Waals surface area (Å²) < 4.78 is 0. The third-order valence-corrected chi connectivity index (χ3v) is 3.09. The van der Waals surface area contributed by atoms with Crippen molar-refractivity contribution < 1.29 is 0 Å². The fraction of sp³-hybridized carbons (Fsp3) is 1.00. The first-order valence-electron chi connectivity index (χ1n) is 6.94. The largest absolute Gasteiger partial charge is 0.314 e. The van der Waals surface area contributed by atoms with Crippen LogP contribution >= 0.6 is 0 Å². The maximum atomic E-state index is 3.64. The van der Waals surface area contributed by atoms with Crippen LogP contribution in [0.4, 0.5) is 0 Å². The van der Waals surface area contributed by atoms with Gasteiger partial charge in [0.2, 0.25) is 0 Å². The number of unbranched alkanes of at least 4 members (excludes halogenated alkanes) is 3. The normalized spacial score (nSPS) is 15.2. The van der Waals surface area contributed by atoms with Crippen molar-refractivity contribution in [3.05, 3.63) is 0 Å². The number of hydrogen-bond donors (Lipinski definition) is 1. The van der Waals surface area contributed by atoms with E-state index in [2.05, 4.69) is 33.0 Å². The van der Waals surface area contributed by atoms with Gasteiger partial charge in [-0.15, -0.1) is 0 Å². The molecule has 0 aliphatic heterocycles. The van der Waals surface area contributed by atoms with Gasteiger partial charge in [-0.25, -0.2) is 0 Å². The maximum absolute atomic E-state index is 3.64. The molecule has 1 nitrogen and oxygen atoms in total. The SMILES string of the molecule is CCCCCCC(C)NCC(C)CCC. The van der Waals surface area contributed by atoms with Crippen LogP contribution in [0.3, 0.4) is 0 Å². The molecule has 0 fully saturated rings. The average Bonchev–Trinajstić information content (AvgIpc) is 2.22. The van der Waals surface area contributed by atoms with Crippen molar-refractivity contribution in [2.45, 2.75) is 78.7 Å². The zero-order valence-corrected chi connectivity index (χ0v) is 11.3. The van der Waals surface area contributed by atoms with Crippen LogP contribution in [0.15, 0.2) is 0 Å². The molecule has 0 saturated carbocycles. The van der Waals surface area contributed by atoms with E-state index in [-0.39, 0.29) is 0 Å². The highest BCUT2D eigenvalue weighted by Gasteiger charge is 2.04. The molecule has 0 amide bonds. The highest BCUT2D eigenvalue weighted by Crippen LogP contribution is 2.07. The summed E-state index contributed by atoms with van der Waals surface area (Å²) in [6.07, 6.45) is 9.56. The summed E-state index contributed by atoms with van der Waals surface area (Å²) in [5, 5.41) is 3.64. The molecular weight excluding hydrogens is 182 g/mol. The molecule has 15 heavy (non-hydrogen) atoms. The van der Waals surface area contributed by atoms with Gasteiger partial charge in [-0.3, -0.25) is 0 Å². The maximum Gasteiger partial charge on any atom is 0.00388 e. The van der Waals surface area contributed by atoms with Gasteiger partial charge >= 0.3 is 0 Å². The second-order valence-electron chi connectivity index (χ2n) is 5.05. The quantitative estimate of drug-likeness (QED) is 0.531. The Hall–Kier alpha value is -0.0400. The van der Waals surface area contributed by atoms with Crippen LogP contribution in [0, 0.1) is 5.92 Å². The lowest BCUT2D eigenvalue weighted by atomic mass is 10.0. The standard InChI is InChI=1S/C14H31N/c1-5-7-8-9-11-14(4)15-12-13(3)10-6-2/h13-15H,5-12H2,1-4H3. The third-order valence-electron chi connectivity index (χ3n) is 3.09. The van der Waals surface area contributed by atoms with Gasteiger partial charge in [-0.1, -0.05) is 52.9 Å². The van der Waals surface area contributed by atoms with Gasteiger partial charge in [-0.05, 0) is 32.2 Å². The van der Waals surface area contributed by atoms with Crippen LogP contribution in [0.5, 0.6) is 0 Å². The Morgan fingerprint density at radius 2 is 1.60 bits per heavy atom. The van der Waals surface area contributed by atoms with Crippen molar-refractivity contribution in [1.82, 2.24) is 5.32 Å². The molecule has 0 bridgehead atoms. The van der Waals surface area contributed by atoms with Crippen LogP contribution in [0.25, 0.3) is 0 Å². The summed E-state index contributed by atoms with van der Waals surface area (Å²) in [4.78, 5) is 0. The van der Waals surface area contributed by atoms with Crippen molar-refractivity contribution in [2.24, 2.45) is 5.92 Å². The number of nitrogens with one attached hydrogen (secondary N) is 1. The van der Waals surface area contributed by atoms with Crippen molar-refractivity contribution >= 4 is 0 Å². The van der Waals surface area contributed by atoms with Crippen molar-refractivity contribution in [3.8, 4) is 0 Å². The topological polar surface area (TPSA) is 12.0 Å². The molecule has 2 unspecified atom stereocenters. The lowest BCUT2D eigenvalue weighted by molar-refractivity contribution is 0.416. The minimum Gasteiger partial charge on any atom is -0.314 e. The lowest BCUT2D eigenvalue weighted by Crippen LogP contribution is -2.30. The van der Waals surface area contributed by atoms with Gasteiger partial charge in [-0.2, -0.15) is 0 Å². The molecule has 0 aromatic heterocycles. The van der Waals surface area contributed by atoms with E-state index in [1.807, 2.05) is 0 Å².